The summed E-state index contributed by atoms with van der Waals surface area (Å²) in [5.41, 5.74) is 0. The van der Waals surface area contributed by atoms with Crippen molar-refractivity contribution >= 4 is 9.84 Å². The molecule has 0 aliphatic heterocycles. The molecule has 23 heavy (non-hydrogen) atoms. The summed E-state index contributed by atoms with van der Waals surface area (Å²) in [6.07, 6.45) is 0. The minimum Gasteiger partial charge on any atom is -0.508 e. The Balaban J connectivity index is 1.71. The molecule has 0 aliphatic carbocycles. The van der Waals surface area contributed by atoms with Crippen molar-refractivity contribution in [1.29, 1.82) is 0 Å². The Morgan fingerprint density at radius 2 is 1.04 bits per heavy atom. The van der Waals surface area contributed by atoms with Crippen LogP contribution in [-0.2, 0) is 9.84 Å². The molecule has 0 aromatic heterocycles. The van der Waals surface area contributed by atoms with Gasteiger partial charge in [-0.2, -0.15) is 0 Å². The molecule has 0 heterocycles. The molecule has 0 saturated carbocycles. The number of rotatable bonds is 8. The van der Waals surface area contributed by atoms with Crippen molar-refractivity contribution in [3.05, 3.63) is 48.5 Å². The molecule has 0 radical (unpaired) electrons. The van der Waals surface area contributed by atoms with Gasteiger partial charge in [-0.3, -0.25) is 0 Å². The van der Waals surface area contributed by atoms with Crippen LogP contribution >= 0.6 is 0 Å². The molecule has 0 spiro atoms. The zero-order valence-electron chi connectivity index (χ0n) is 12.4. The first-order chi connectivity index (χ1) is 10.9. The van der Waals surface area contributed by atoms with Crippen LogP contribution in [0.15, 0.2) is 48.5 Å². The zero-order chi connectivity index (χ0) is 16.7. The molecule has 0 saturated heterocycles. The van der Waals surface area contributed by atoms with Crippen LogP contribution in [0.3, 0.4) is 0 Å². The van der Waals surface area contributed by atoms with Crippen LogP contribution in [0.1, 0.15) is 0 Å². The Labute approximate surface area is 134 Å². The van der Waals surface area contributed by atoms with Gasteiger partial charge in [0, 0.05) is 0 Å². The van der Waals surface area contributed by atoms with Crippen molar-refractivity contribution in [2.45, 2.75) is 0 Å². The number of sulfone groups is 1. The second kappa shape index (κ2) is 7.73. The van der Waals surface area contributed by atoms with Crippen LogP contribution in [0.5, 0.6) is 23.0 Å². The van der Waals surface area contributed by atoms with Gasteiger partial charge in [0.05, 0.1) is 11.5 Å². The molecule has 6 nitrogen and oxygen atoms in total. The molecule has 0 fully saturated rings. The summed E-state index contributed by atoms with van der Waals surface area (Å²) in [5.74, 6) is 1.00. The third kappa shape index (κ3) is 6.07. The van der Waals surface area contributed by atoms with Crippen LogP contribution in [-0.4, -0.2) is 43.4 Å². The summed E-state index contributed by atoms with van der Waals surface area (Å²) < 4.78 is 34.4. The standard InChI is InChI=1S/C16H18O6S/c17-13-1-5-15(6-2-13)21-9-11-23(19,20)12-10-22-16-7-3-14(18)4-8-16/h1-8,17-18H,9-12H2. The molecule has 2 aromatic rings. The number of phenolic OH excluding ortho intramolecular Hbond substituents is 2. The van der Waals surface area contributed by atoms with E-state index in [2.05, 4.69) is 0 Å². The van der Waals surface area contributed by atoms with Gasteiger partial charge < -0.3 is 19.7 Å². The minimum absolute atomic E-state index is 0.0340. The van der Waals surface area contributed by atoms with Gasteiger partial charge in [-0.15, -0.1) is 0 Å². The fourth-order valence-corrected chi connectivity index (χ4v) is 2.64. The maximum Gasteiger partial charge on any atom is 0.156 e. The van der Waals surface area contributed by atoms with Crippen LogP contribution in [0.4, 0.5) is 0 Å². The molecule has 0 bridgehead atoms. The lowest BCUT2D eigenvalue weighted by molar-refractivity contribution is 0.333. The number of benzene rings is 2. The highest BCUT2D eigenvalue weighted by Crippen LogP contribution is 2.17. The van der Waals surface area contributed by atoms with Gasteiger partial charge in [0.25, 0.3) is 0 Å². The number of hydrogen-bond donors (Lipinski definition) is 2. The predicted molar refractivity (Wildman–Crippen MR) is 85.9 cm³/mol. The Morgan fingerprint density at radius 1 is 0.696 bits per heavy atom. The summed E-state index contributed by atoms with van der Waals surface area (Å²) in [6.45, 7) is 0.0681. The molecule has 2 aromatic carbocycles. The maximum atomic E-state index is 11.9. The third-order valence-corrected chi connectivity index (χ3v) is 4.58. The van der Waals surface area contributed by atoms with Gasteiger partial charge in [-0.05, 0) is 48.5 Å². The van der Waals surface area contributed by atoms with E-state index in [4.69, 9.17) is 19.7 Å². The quantitative estimate of drug-likeness (QED) is 0.764. The normalized spacial score (nSPS) is 11.1. The van der Waals surface area contributed by atoms with Crippen molar-refractivity contribution in [1.82, 2.24) is 0 Å². The first kappa shape index (κ1) is 17.0. The monoisotopic (exact) mass is 338 g/mol. The number of aromatic hydroxyl groups is 2. The molecule has 0 atom stereocenters. The topological polar surface area (TPSA) is 93.1 Å². The first-order valence-electron chi connectivity index (χ1n) is 6.99. The lowest BCUT2D eigenvalue weighted by atomic mass is 10.3. The molecule has 0 amide bonds. The van der Waals surface area contributed by atoms with E-state index >= 15 is 0 Å². The smallest absolute Gasteiger partial charge is 0.156 e. The second-order valence-corrected chi connectivity index (χ2v) is 7.14. The summed E-state index contributed by atoms with van der Waals surface area (Å²) in [6, 6.07) is 12.1. The second-order valence-electron chi connectivity index (χ2n) is 4.84. The van der Waals surface area contributed by atoms with E-state index in [-0.39, 0.29) is 36.2 Å². The third-order valence-electron chi connectivity index (χ3n) is 3.00. The van der Waals surface area contributed by atoms with Crippen LogP contribution in [0.25, 0.3) is 0 Å². The molecular weight excluding hydrogens is 320 g/mol. The lowest BCUT2D eigenvalue weighted by Crippen LogP contribution is -2.21. The Morgan fingerprint density at radius 3 is 1.39 bits per heavy atom. The van der Waals surface area contributed by atoms with E-state index in [0.29, 0.717) is 11.5 Å². The summed E-state index contributed by atoms with van der Waals surface area (Å²) in [5, 5.41) is 18.3. The largest absolute Gasteiger partial charge is 0.508 e. The van der Waals surface area contributed by atoms with Crippen LogP contribution in [0.2, 0.25) is 0 Å². The van der Waals surface area contributed by atoms with Gasteiger partial charge in [-0.25, -0.2) is 8.42 Å². The number of hydrogen-bond acceptors (Lipinski definition) is 6. The van der Waals surface area contributed by atoms with E-state index in [1.165, 1.54) is 24.3 Å². The Hall–Kier alpha value is -2.41. The molecule has 0 unspecified atom stereocenters. The van der Waals surface area contributed by atoms with Gasteiger partial charge in [0.2, 0.25) is 0 Å². The summed E-state index contributed by atoms with van der Waals surface area (Å²) in [7, 11) is -3.29. The van der Waals surface area contributed by atoms with Gasteiger partial charge in [0.15, 0.2) is 9.84 Å². The van der Waals surface area contributed by atoms with E-state index in [1.807, 2.05) is 0 Å². The summed E-state index contributed by atoms with van der Waals surface area (Å²) >= 11 is 0. The van der Waals surface area contributed by atoms with Crippen molar-refractivity contribution < 1.29 is 28.1 Å². The van der Waals surface area contributed by atoms with Crippen LogP contribution in [0, 0.1) is 0 Å². The van der Waals surface area contributed by atoms with E-state index in [0.717, 1.165) is 0 Å². The highest BCUT2D eigenvalue weighted by atomic mass is 32.2. The molecular formula is C16H18O6S. The molecule has 2 rings (SSSR count). The van der Waals surface area contributed by atoms with E-state index < -0.39 is 9.84 Å². The Bertz CT molecular complexity index is 650. The number of ether oxygens (including phenoxy) is 2. The van der Waals surface area contributed by atoms with Gasteiger partial charge in [-0.1, -0.05) is 0 Å². The van der Waals surface area contributed by atoms with Crippen molar-refractivity contribution in [2.24, 2.45) is 0 Å². The summed E-state index contributed by atoms with van der Waals surface area (Å²) in [4.78, 5) is 0. The highest BCUT2D eigenvalue weighted by molar-refractivity contribution is 7.91. The maximum absolute atomic E-state index is 11.9. The fraction of sp³-hybridized carbons (Fsp3) is 0.250. The van der Waals surface area contributed by atoms with Crippen molar-refractivity contribution in [3.8, 4) is 23.0 Å². The molecule has 0 aliphatic rings. The Kier molecular flexibility index (Phi) is 5.70. The predicted octanol–water partition coefficient (Wildman–Crippen LogP) is 1.97. The number of phenols is 2. The lowest BCUT2D eigenvalue weighted by Gasteiger charge is -2.09. The van der Waals surface area contributed by atoms with E-state index in [1.54, 1.807) is 24.3 Å². The van der Waals surface area contributed by atoms with E-state index in [9.17, 15) is 8.42 Å². The minimum atomic E-state index is -3.29. The van der Waals surface area contributed by atoms with Crippen LogP contribution < -0.4 is 9.47 Å². The first-order valence-corrected chi connectivity index (χ1v) is 8.81. The van der Waals surface area contributed by atoms with Gasteiger partial charge >= 0.3 is 0 Å². The SMILES string of the molecule is O=S(=O)(CCOc1ccc(O)cc1)CCOc1ccc(O)cc1. The average Bonchev–Trinajstić information content (AvgIpc) is 2.51. The average molecular weight is 338 g/mol. The molecule has 2 N–H and O–H groups in total. The highest BCUT2D eigenvalue weighted by Gasteiger charge is 2.11. The van der Waals surface area contributed by atoms with Crippen molar-refractivity contribution in [3.63, 3.8) is 0 Å². The fourth-order valence-electron chi connectivity index (χ4n) is 1.76. The zero-order valence-corrected chi connectivity index (χ0v) is 13.2. The molecule has 7 heteroatoms. The molecule has 124 valence electrons. The van der Waals surface area contributed by atoms with Crippen molar-refractivity contribution in [2.75, 3.05) is 24.7 Å². The van der Waals surface area contributed by atoms with Gasteiger partial charge in [0.1, 0.15) is 36.2 Å².